The Labute approximate surface area is 114 Å². The number of rotatable bonds is 7. The second-order valence-electron chi connectivity index (χ2n) is 5.06. The van der Waals surface area contributed by atoms with Gasteiger partial charge >= 0.3 is 0 Å². The number of carbonyl (C=O) groups excluding carboxylic acids is 1. The molecule has 4 nitrogen and oxygen atoms in total. The molecule has 0 saturated heterocycles. The normalized spacial score (nSPS) is 13.9. The number of carbonyl (C=O) groups is 1. The molecule has 1 rings (SSSR count). The fourth-order valence-electron chi connectivity index (χ4n) is 1.85. The number of methoxy groups -OCH3 is 1. The van der Waals surface area contributed by atoms with Crippen molar-refractivity contribution >= 4 is 5.91 Å². The van der Waals surface area contributed by atoms with E-state index in [0.717, 1.165) is 12.8 Å². The number of hydrogen-bond acceptors (Lipinski definition) is 3. The smallest absolute Gasteiger partial charge is 0.251 e. The molecule has 0 fully saturated rings. The maximum Gasteiger partial charge on any atom is 0.251 e. The van der Waals surface area contributed by atoms with Gasteiger partial charge in [-0.2, -0.15) is 0 Å². The third-order valence-electron chi connectivity index (χ3n) is 2.84. The van der Waals surface area contributed by atoms with Crippen molar-refractivity contribution in [1.82, 2.24) is 5.32 Å². The van der Waals surface area contributed by atoms with Crippen LogP contribution in [0, 0.1) is 0 Å². The standard InChI is InChI=1S/C15H23NO3/c1-4-5-12-6-8-13(9-7-12)14(17)16-10-15(2,18)11-19-3/h6-9,18H,4-5,10-11H2,1-3H3,(H,16,17)/t15-/m0/s1. The van der Waals surface area contributed by atoms with Crippen molar-refractivity contribution in [2.45, 2.75) is 32.3 Å². The Morgan fingerprint density at radius 3 is 2.53 bits per heavy atom. The molecule has 0 spiro atoms. The van der Waals surface area contributed by atoms with E-state index in [2.05, 4.69) is 12.2 Å². The van der Waals surface area contributed by atoms with Crippen molar-refractivity contribution in [1.29, 1.82) is 0 Å². The second kappa shape index (κ2) is 7.26. The summed E-state index contributed by atoms with van der Waals surface area (Å²) in [4.78, 5) is 11.9. The molecule has 1 aromatic rings. The third-order valence-corrected chi connectivity index (χ3v) is 2.84. The first-order valence-corrected chi connectivity index (χ1v) is 6.57. The Balaban J connectivity index is 2.53. The van der Waals surface area contributed by atoms with Crippen LogP contribution in [0.5, 0.6) is 0 Å². The number of aryl methyl sites for hydroxylation is 1. The largest absolute Gasteiger partial charge is 0.386 e. The minimum absolute atomic E-state index is 0.163. The molecular weight excluding hydrogens is 242 g/mol. The highest BCUT2D eigenvalue weighted by molar-refractivity contribution is 5.94. The molecule has 0 unspecified atom stereocenters. The molecule has 106 valence electrons. The van der Waals surface area contributed by atoms with Gasteiger partial charge in [-0.25, -0.2) is 0 Å². The molecular formula is C15H23NO3. The lowest BCUT2D eigenvalue weighted by Crippen LogP contribution is -2.43. The van der Waals surface area contributed by atoms with Crippen LogP contribution >= 0.6 is 0 Å². The zero-order valence-electron chi connectivity index (χ0n) is 11.9. The minimum atomic E-state index is -1.05. The molecule has 0 heterocycles. The SMILES string of the molecule is CCCc1ccc(C(=O)NC[C@](C)(O)COC)cc1. The molecule has 0 aliphatic heterocycles. The van der Waals surface area contributed by atoms with Gasteiger partial charge in [-0.05, 0) is 31.0 Å². The summed E-state index contributed by atoms with van der Waals surface area (Å²) in [5.41, 5.74) is 0.783. The number of hydrogen-bond donors (Lipinski definition) is 2. The van der Waals surface area contributed by atoms with Gasteiger partial charge in [0, 0.05) is 19.2 Å². The molecule has 1 aromatic carbocycles. The molecule has 0 bridgehead atoms. The van der Waals surface area contributed by atoms with Crippen molar-refractivity contribution in [2.24, 2.45) is 0 Å². The van der Waals surface area contributed by atoms with Crippen LogP contribution in [0.1, 0.15) is 36.2 Å². The lowest BCUT2D eigenvalue weighted by molar-refractivity contribution is -0.0147. The van der Waals surface area contributed by atoms with E-state index < -0.39 is 5.60 Å². The van der Waals surface area contributed by atoms with E-state index >= 15 is 0 Å². The zero-order valence-corrected chi connectivity index (χ0v) is 11.9. The van der Waals surface area contributed by atoms with Crippen molar-refractivity contribution in [3.8, 4) is 0 Å². The summed E-state index contributed by atoms with van der Waals surface area (Å²) in [5, 5.41) is 12.6. The lowest BCUT2D eigenvalue weighted by atomic mass is 10.1. The summed E-state index contributed by atoms with van der Waals surface area (Å²) in [6, 6.07) is 7.55. The monoisotopic (exact) mass is 265 g/mol. The van der Waals surface area contributed by atoms with E-state index in [4.69, 9.17) is 4.74 Å². The third kappa shape index (κ3) is 5.41. The van der Waals surface area contributed by atoms with Gasteiger partial charge in [0.05, 0.1) is 6.61 Å². The van der Waals surface area contributed by atoms with Gasteiger partial charge in [-0.15, -0.1) is 0 Å². The van der Waals surface area contributed by atoms with Crippen LogP contribution in [0.2, 0.25) is 0 Å². The fraction of sp³-hybridized carbons (Fsp3) is 0.533. The number of aliphatic hydroxyl groups is 1. The van der Waals surface area contributed by atoms with Gasteiger partial charge < -0.3 is 15.2 Å². The van der Waals surface area contributed by atoms with Crippen molar-refractivity contribution < 1.29 is 14.6 Å². The molecule has 1 atom stereocenters. The van der Waals surface area contributed by atoms with Crippen LogP contribution in [0.3, 0.4) is 0 Å². The summed E-state index contributed by atoms with van der Waals surface area (Å²) in [6.45, 7) is 4.10. The number of ether oxygens (including phenoxy) is 1. The summed E-state index contributed by atoms with van der Waals surface area (Å²) in [6.07, 6.45) is 2.11. The average Bonchev–Trinajstić information content (AvgIpc) is 2.37. The summed E-state index contributed by atoms with van der Waals surface area (Å²) >= 11 is 0. The Hall–Kier alpha value is -1.39. The van der Waals surface area contributed by atoms with E-state index in [1.807, 2.05) is 24.3 Å². The van der Waals surface area contributed by atoms with Gasteiger partial charge in [-0.1, -0.05) is 25.5 Å². The van der Waals surface area contributed by atoms with Crippen molar-refractivity contribution in [2.75, 3.05) is 20.3 Å². The molecule has 0 aliphatic carbocycles. The molecule has 19 heavy (non-hydrogen) atoms. The Bertz CT molecular complexity index is 398. The summed E-state index contributed by atoms with van der Waals surface area (Å²) in [7, 11) is 1.52. The highest BCUT2D eigenvalue weighted by atomic mass is 16.5. The van der Waals surface area contributed by atoms with E-state index in [0.29, 0.717) is 5.56 Å². The van der Waals surface area contributed by atoms with Gasteiger partial charge in [-0.3, -0.25) is 4.79 Å². The second-order valence-corrected chi connectivity index (χ2v) is 5.06. The minimum Gasteiger partial charge on any atom is -0.386 e. The van der Waals surface area contributed by atoms with Gasteiger partial charge in [0.1, 0.15) is 5.60 Å². The van der Waals surface area contributed by atoms with Crippen LogP contribution < -0.4 is 5.32 Å². The summed E-state index contributed by atoms with van der Waals surface area (Å²) < 4.78 is 4.89. The molecule has 0 radical (unpaired) electrons. The predicted molar refractivity (Wildman–Crippen MR) is 75.3 cm³/mol. The molecule has 1 amide bonds. The maximum atomic E-state index is 11.9. The van der Waals surface area contributed by atoms with Gasteiger partial charge in [0.25, 0.3) is 5.91 Å². The Kier molecular flexibility index (Phi) is 5.99. The van der Waals surface area contributed by atoms with E-state index in [1.165, 1.54) is 12.7 Å². The first-order chi connectivity index (χ1) is 8.98. The van der Waals surface area contributed by atoms with Crippen LogP contribution in [-0.2, 0) is 11.2 Å². The van der Waals surface area contributed by atoms with Crippen LogP contribution in [0.15, 0.2) is 24.3 Å². The van der Waals surface area contributed by atoms with E-state index in [-0.39, 0.29) is 19.1 Å². The average molecular weight is 265 g/mol. The Morgan fingerprint density at radius 2 is 2.00 bits per heavy atom. The molecule has 0 saturated carbocycles. The predicted octanol–water partition coefficient (Wildman–Crippen LogP) is 1.77. The van der Waals surface area contributed by atoms with E-state index in [9.17, 15) is 9.90 Å². The van der Waals surface area contributed by atoms with Crippen molar-refractivity contribution in [3.63, 3.8) is 0 Å². The van der Waals surface area contributed by atoms with E-state index in [1.54, 1.807) is 6.92 Å². The molecule has 0 aliphatic rings. The van der Waals surface area contributed by atoms with Crippen LogP contribution in [0.4, 0.5) is 0 Å². The first kappa shape index (κ1) is 15.7. The Morgan fingerprint density at radius 1 is 1.37 bits per heavy atom. The zero-order chi connectivity index (χ0) is 14.3. The quantitative estimate of drug-likeness (QED) is 0.790. The number of benzene rings is 1. The fourth-order valence-corrected chi connectivity index (χ4v) is 1.85. The molecule has 2 N–H and O–H groups in total. The number of amides is 1. The number of nitrogens with one attached hydrogen (secondary N) is 1. The highest BCUT2D eigenvalue weighted by Gasteiger charge is 2.21. The molecule has 4 heteroatoms. The molecule has 0 aromatic heterocycles. The van der Waals surface area contributed by atoms with Gasteiger partial charge in [0.15, 0.2) is 0 Å². The van der Waals surface area contributed by atoms with Crippen molar-refractivity contribution in [3.05, 3.63) is 35.4 Å². The summed E-state index contributed by atoms with van der Waals surface area (Å²) in [5.74, 6) is -0.181. The highest BCUT2D eigenvalue weighted by Crippen LogP contribution is 2.07. The van der Waals surface area contributed by atoms with Crippen LogP contribution in [-0.4, -0.2) is 36.9 Å². The first-order valence-electron chi connectivity index (χ1n) is 6.57. The maximum absolute atomic E-state index is 11.9. The lowest BCUT2D eigenvalue weighted by Gasteiger charge is -2.22. The van der Waals surface area contributed by atoms with Gasteiger partial charge in [0.2, 0.25) is 0 Å². The van der Waals surface area contributed by atoms with Crippen LogP contribution in [0.25, 0.3) is 0 Å². The topological polar surface area (TPSA) is 58.6 Å².